The zero-order chi connectivity index (χ0) is 18.6. The summed E-state index contributed by atoms with van der Waals surface area (Å²) in [6, 6.07) is 3.86. The summed E-state index contributed by atoms with van der Waals surface area (Å²) in [4.78, 5) is 31.1. The van der Waals surface area contributed by atoms with Crippen molar-refractivity contribution in [1.82, 2.24) is 19.9 Å². The number of carboxylic acid groups (broad SMARTS) is 1. The molecule has 4 heterocycles. The zero-order valence-corrected chi connectivity index (χ0v) is 15.3. The van der Waals surface area contributed by atoms with E-state index >= 15 is 0 Å². The van der Waals surface area contributed by atoms with Gasteiger partial charge in [-0.05, 0) is 31.4 Å². The maximum Gasteiger partial charge on any atom is 0.407 e. The molecule has 0 bridgehead atoms. The fraction of sp³-hybridized carbons (Fsp3) is 0.474. The number of carbonyl (C=O) groups is 1. The first kappa shape index (κ1) is 17.5. The lowest BCUT2D eigenvalue weighted by atomic mass is 10.2. The van der Waals surface area contributed by atoms with Gasteiger partial charge in [-0.1, -0.05) is 0 Å². The molecule has 0 spiro atoms. The maximum atomic E-state index is 11.3. The van der Waals surface area contributed by atoms with Crippen molar-refractivity contribution in [3.8, 4) is 11.3 Å². The Balaban J connectivity index is 1.68. The summed E-state index contributed by atoms with van der Waals surface area (Å²) < 4.78 is 0. The SMILES string of the molecule is O=C(O)N1CCCN(c2nc(-c3ccncc3)cnc2N2CCCC2)CC1. The number of anilines is 2. The van der Waals surface area contributed by atoms with Crippen molar-refractivity contribution in [2.45, 2.75) is 19.3 Å². The third-order valence-corrected chi connectivity index (χ3v) is 5.18. The zero-order valence-electron chi connectivity index (χ0n) is 15.3. The average Bonchev–Trinajstić information content (AvgIpc) is 3.12. The molecule has 0 radical (unpaired) electrons. The van der Waals surface area contributed by atoms with Gasteiger partial charge < -0.3 is 19.8 Å². The lowest BCUT2D eigenvalue weighted by Crippen LogP contribution is -2.35. The Labute approximate surface area is 158 Å². The van der Waals surface area contributed by atoms with Crippen LogP contribution in [0.4, 0.5) is 16.4 Å². The number of pyridine rings is 1. The summed E-state index contributed by atoms with van der Waals surface area (Å²) in [6.07, 6.45) is 7.60. The minimum Gasteiger partial charge on any atom is -0.465 e. The van der Waals surface area contributed by atoms with Gasteiger partial charge in [-0.15, -0.1) is 0 Å². The highest BCUT2D eigenvalue weighted by Gasteiger charge is 2.25. The van der Waals surface area contributed by atoms with Crippen molar-refractivity contribution >= 4 is 17.7 Å². The van der Waals surface area contributed by atoms with Crippen molar-refractivity contribution in [2.24, 2.45) is 0 Å². The molecule has 0 atom stereocenters. The van der Waals surface area contributed by atoms with Gasteiger partial charge in [0, 0.05) is 57.2 Å². The van der Waals surface area contributed by atoms with E-state index in [1.165, 1.54) is 17.7 Å². The minimum absolute atomic E-state index is 0.482. The van der Waals surface area contributed by atoms with Crippen LogP contribution in [0.25, 0.3) is 11.3 Å². The molecule has 2 fully saturated rings. The van der Waals surface area contributed by atoms with Crippen LogP contribution in [-0.2, 0) is 0 Å². The molecule has 142 valence electrons. The van der Waals surface area contributed by atoms with Gasteiger partial charge in [0.05, 0.1) is 11.9 Å². The van der Waals surface area contributed by atoms with E-state index in [1.807, 2.05) is 18.3 Å². The summed E-state index contributed by atoms with van der Waals surface area (Å²) in [5.41, 5.74) is 1.79. The Hall–Kier alpha value is -2.90. The van der Waals surface area contributed by atoms with Crippen LogP contribution in [0.5, 0.6) is 0 Å². The minimum atomic E-state index is -0.853. The second-order valence-electron chi connectivity index (χ2n) is 6.94. The quantitative estimate of drug-likeness (QED) is 0.890. The second-order valence-corrected chi connectivity index (χ2v) is 6.94. The number of amides is 1. The predicted octanol–water partition coefficient (Wildman–Crippen LogP) is 2.33. The van der Waals surface area contributed by atoms with Crippen LogP contribution in [0.2, 0.25) is 0 Å². The molecular formula is C19H24N6O2. The third-order valence-electron chi connectivity index (χ3n) is 5.18. The fourth-order valence-electron chi connectivity index (χ4n) is 3.72. The van der Waals surface area contributed by atoms with Crippen LogP contribution < -0.4 is 9.80 Å². The highest BCUT2D eigenvalue weighted by Crippen LogP contribution is 2.31. The van der Waals surface area contributed by atoms with Crippen LogP contribution in [0.3, 0.4) is 0 Å². The molecule has 0 aromatic carbocycles. The van der Waals surface area contributed by atoms with Crippen LogP contribution in [-0.4, -0.2) is 70.3 Å². The standard InChI is InChI=1S/C19H24N6O2/c26-19(27)25-11-3-10-24(12-13-25)18-17(23-8-1-2-9-23)21-14-16(22-18)15-4-6-20-7-5-15/h4-7,14H,1-3,8-13H2,(H,26,27). The molecule has 4 rings (SSSR count). The molecule has 0 saturated carbocycles. The predicted molar refractivity (Wildman–Crippen MR) is 103 cm³/mol. The molecule has 2 saturated heterocycles. The maximum absolute atomic E-state index is 11.3. The lowest BCUT2D eigenvalue weighted by molar-refractivity contribution is 0.148. The summed E-state index contributed by atoms with van der Waals surface area (Å²) >= 11 is 0. The summed E-state index contributed by atoms with van der Waals surface area (Å²) in [6.45, 7) is 4.43. The third kappa shape index (κ3) is 3.79. The Bertz CT molecular complexity index is 794. The normalized spacial score (nSPS) is 17.9. The van der Waals surface area contributed by atoms with Gasteiger partial charge in [0.1, 0.15) is 0 Å². The van der Waals surface area contributed by atoms with Crippen molar-refractivity contribution in [1.29, 1.82) is 0 Å². The largest absolute Gasteiger partial charge is 0.465 e. The van der Waals surface area contributed by atoms with E-state index in [9.17, 15) is 9.90 Å². The number of nitrogens with zero attached hydrogens (tertiary/aromatic N) is 6. The molecule has 2 aliphatic heterocycles. The fourth-order valence-corrected chi connectivity index (χ4v) is 3.72. The van der Waals surface area contributed by atoms with Gasteiger partial charge in [0.2, 0.25) is 0 Å². The average molecular weight is 368 g/mol. The topological polar surface area (TPSA) is 85.7 Å². The van der Waals surface area contributed by atoms with Gasteiger partial charge in [-0.3, -0.25) is 4.98 Å². The van der Waals surface area contributed by atoms with Crippen molar-refractivity contribution in [3.63, 3.8) is 0 Å². The molecule has 8 heteroatoms. The summed E-state index contributed by atoms with van der Waals surface area (Å²) in [5.74, 6) is 1.77. The van der Waals surface area contributed by atoms with E-state index in [-0.39, 0.29) is 0 Å². The van der Waals surface area contributed by atoms with E-state index in [0.29, 0.717) is 19.6 Å². The molecule has 0 aliphatic carbocycles. The highest BCUT2D eigenvalue weighted by molar-refractivity contribution is 5.69. The number of hydrogen-bond acceptors (Lipinski definition) is 6. The van der Waals surface area contributed by atoms with E-state index in [1.54, 1.807) is 12.4 Å². The van der Waals surface area contributed by atoms with Crippen molar-refractivity contribution in [2.75, 3.05) is 49.1 Å². The molecule has 1 N–H and O–H groups in total. The number of aromatic nitrogens is 3. The second kappa shape index (κ2) is 7.77. The monoisotopic (exact) mass is 368 g/mol. The Morgan fingerprint density at radius 1 is 0.889 bits per heavy atom. The van der Waals surface area contributed by atoms with Crippen molar-refractivity contribution < 1.29 is 9.90 Å². The van der Waals surface area contributed by atoms with Gasteiger partial charge >= 0.3 is 6.09 Å². The molecule has 2 aliphatic rings. The smallest absolute Gasteiger partial charge is 0.407 e. The van der Waals surface area contributed by atoms with Crippen LogP contribution in [0.1, 0.15) is 19.3 Å². The van der Waals surface area contributed by atoms with Crippen molar-refractivity contribution in [3.05, 3.63) is 30.7 Å². The van der Waals surface area contributed by atoms with Crippen LogP contribution >= 0.6 is 0 Å². The summed E-state index contributed by atoms with van der Waals surface area (Å²) in [5, 5.41) is 9.31. The molecule has 0 unspecified atom stereocenters. The van der Waals surface area contributed by atoms with Crippen LogP contribution in [0, 0.1) is 0 Å². The molecular weight excluding hydrogens is 344 g/mol. The molecule has 2 aromatic heterocycles. The molecule has 8 nitrogen and oxygen atoms in total. The Morgan fingerprint density at radius 3 is 2.33 bits per heavy atom. The first-order valence-corrected chi connectivity index (χ1v) is 9.47. The van der Waals surface area contributed by atoms with E-state index < -0.39 is 6.09 Å². The summed E-state index contributed by atoms with van der Waals surface area (Å²) in [7, 11) is 0. The van der Waals surface area contributed by atoms with Gasteiger partial charge in [0.25, 0.3) is 0 Å². The van der Waals surface area contributed by atoms with E-state index in [2.05, 4.69) is 14.8 Å². The van der Waals surface area contributed by atoms with Crippen LogP contribution in [0.15, 0.2) is 30.7 Å². The van der Waals surface area contributed by atoms with Gasteiger partial charge in [-0.25, -0.2) is 14.8 Å². The Morgan fingerprint density at radius 2 is 1.59 bits per heavy atom. The molecule has 2 aromatic rings. The molecule has 27 heavy (non-hydrogen) atoms. The van der Waals surface area contributed by atoms with E-state index in [0.717, 1.165) is 48.9 Å². The highest BCUT2D eigenvalue weighted by atomic mass is 16.4. The number of hydrogen-bond donors (Lipinski definition) is 1. The number of rotatable bonds is 3. The first-order chi connectivity index (χ1) is 13.2. The van der Waals surface area contributed by atoms with Gasteiger partial charge in [0.15, 0.2) is 11.6 Å². The van der Waals surface area contributed by atoms with E-state index in [4.69, 9.17) is 9.97 Å². The first-order valence-electron chi connectivity index (χ1n) is 9.47. The molecule has 1 amide bonds. The van der Waals surface area contributed by atoms with Gasteiger partial charge in [-0.2, -0.15) is 0 Å². The Kier molecular flexibility index (Phi) is 5.04. The lowest BCUT2D eigenvalue weighted by Gasteiger charge is -2.27.